The molecule has 1 unspecified atom stereocenters. The third-order valence-electron chi connectivity index (χ3n) is 8.05. The van der Waals surface area contributed by atoms with Crippen LogP contribution in [0.1, 0.15) is 58.4 Å². The average molecular weight is 432 g/mol. The van der Waals surface area contributed by atoms with Crippen LogP contribution >= 0.6 is 0 Å². The Bertz CT molecular complexity index is 928. The fourth-order valence-electron chi connectivity index (χ4n) is 6.16. The second kappa shape index (κ2) is 9.60. The Morgan fingerprint density at radius 1 is 1.06 bits per heavy atom. The molecule has 1 aliphatic heterocycles. The van der Waals surface area contributed by atoms with Crippen molar-refractivity contribution in [2.45, 2.75) is 65.3 Å². The summed E-state index contributed by atoms with van der Waals surface area (Å²) in [7, 11) is 0. The van der Waals surface area contributed by atoms with Crippen LogP contribution in [0.5, 0.6) is 0 Å². The zero-order chi connectivity index (χ0) is 22.7. The minimum Gasteiger partial charge on any atom is -0.352 e. The Kier molecular flexibility index (Phi) is 6.83. The van der Waals surface area contributed by atoms with Gasteiger partial charge in [-0.25, -0.2) is 0 Å². The van der Waals surface area contributed by atoms with Gasteiger partial charge in [0.2, 0.25) is 5.91 Å². The molecular formula is C29H37NO2. The monoisotopic (exact) mass is 431 g/mol. The van der Waals surface area contributed by atoms with Crippen LogP contribution in [0.25, 0.3) is 0 Å². The Balaban J connectivity index is 1.79. The number of nitrogens with one attached hydrogen (secondary N) is 1. The van der Waals surface area contributed by atoms with Gasteiger partial charge in [-0.05, 0) is 56.1 Å². The van der Waals surface area contributed by atoms with E-state index < -0.39 is 5.41 Å². The standard InChI is InChI=1S/C29H37NO2/c1-20-12-7-4-5-10-17-26(31)29-24(16-11-13-20)18-21(2)22(3)27(29)25(30-28(29)32)19-23-14-8-6-9-15-23/h6,8-11,14-18,20,22,24-25,27H,4-5,7,12-13,19H2,1-3H3,(H,30,32)/b16-11+,17-10+/t20?,22-,24+,25+,27+,29+/m1/s1. The lowest BCUT2D eigenvalue weighted by molar-refractivity contribution is -0.142. The van der Waals surface area contributed by atoms with E-state index in [9.17, 15) is 9.59 Å². The number of allylic oxidation sites excluding steroid dienone is 6. The van der Waals surface area contributed by atoms with Crippen molar-refractivity contribution in [3.8, 4) is 0 Å². The molecule has 0 aromatic heterocycles. The van der Waals surface area contributed by atoms with Gasteiger partial charge in [-0.2, -0.15) is 0 Å². The zero-order valence-corrected chi connectivity index (χ0v) is 19.7. The summed E-state index contributed by atoms with van der Waals surface area (Å²) < 4.78 is 0. The number of hydrogen-bond donors (Lipinski definition) is 1. The topological polar surface area (TPSA) is 46.2 Å². The molecule has 2 aliphatic carbocycles. The summed E-state index contributed by atoms with van der Waals surface area (Å²) in [5.74, 6) is 0.414. The molecule has 3 heteroatoms. The first-order valence-electron chi connectivity index (χ1n) is 12.4. The number of rotatable bonds is 2. The fraction of sp³-hybridized carbons (Fsp3) is 0.517. The summed E-state index contributed by atoms with van der Waals surface area (Å²) in [6, 6.07) is 10.3. The molecule has 6 atom stereocenters. The number of amides is 1. The molecule has 4 rings (SSSR count). The number of carbonyl (C=O) groups is 2. The van der Waals surface area contributed by atoms with Crippen molar-refractivity contribution in [1.29, 1.82) is 0 Å². The largest absolute Gasteiger partial charge is 0.352 e. The predicted octanol–water partition coefficient (Wildman–Crippen LogP) is 5.82. The summed E-state index contributed by atoms with van der Waals surface area (Å²) >= 11 is 0. The van der Waals surface area contributed by atoms with Gasteiger partial charge in [0.05, 0.1) is 0 Å². The molecular weight excluding hydrogens is 394 g/mol. The molecule has 1 saturated heterocycles. The minimum absolute atomic E-state index is 0.0203. The van der Waals surface area contributed by atoms with Crippen LogP contribution in [0.3, 0.4) is 0 Å². The van der Waals surface area contributed by atoms with Gasteiger partial charge in [0.15, 0.2) is 5.78 Å². The number of carbonyl (C=O) groups excluding carboxylic acids is 2. The minimum atomic E-state index is -1.05. The van der Waals surface area contributed by atoms with Crippen LogP contribution in [0.15, 0.2) is 66.3 Å². The first-order chi connectivity index (χ1) is 15.4. The van der Waals surface area contributed by atoms with E-state index in [0.29, 0.717) is 5.92 Å². The molecule has 3 aliphatic rings. The van der Waals surface area contributed by atoms with Gasteiger partial charge in [-0.1, -0.05) is 86.9 Å². The van der Waals surface area contributed by atoms with Crippen molar-refractivity contribution >= 4 is 11.7 Å². The van der Waals surface area contributed by atoms with Crippen LogP contribution < -0.4 is 5.32 Å². The van der Waals surface area contributed by atoms with Crippen molar-refractivity contribution in [3.63, 3.8) is 0 Å². The number of ketones is 1. The molecule has 1 amide bonds. The zero-order valence-electron chi connectivity index (χ0n) is 19.7. The average Bonchev–Trinajstić information content (AvgIpc) is 3.07. The third kappa shape index (κ3) is 4.14. The maximum absolute atomic E-state index is 13.9. The Hall–Kier alpha value is -2.42. The molecule has 3 nitrogen and oxygen atoms in total. The maximum atomic E-state index is 13.9. The van der Waals surface area contributed by atoms with Gasteiger partial charge in [0.25, 0.3) is 0 Å². The molecule has 1 spiro atoms. The van der Waals surface area contributed by atoms with Crippen molar-refractivity contribution < 1.29 is 9.59 Å². The SMILES string of the molecule is CC1=C[C@@H]2/C=C/CC(C)CCCC/C=C/C(=O)[C@@]23C(=O)N[C@@H](Cc2ccccc2)[C@@H]3[C@@H]1C. The van der Waals surface area contributed by atoms with Gasteiger partial charge >= 0.3 is 0 Å². The molecule has 0 bridgehead atoms. The van der Waals surface area contributed by atoms with Crippen molar-refractivity contribution in [2.75, 3.05) is 0 Å². The van der Waals surface area contributed by atoms with E-state index in [2.05, 4.69) is 56.4 Å². The lowest BCUT2D eigenvalue weighted by Crippen LogP contribution is -2.51. The van der Waals surface area contributed by atoms with Crippen molar-refractivity contribution in [3.05, 3.63) is 71.8 Å². The normalized spacial score (nSPS) is 37.6. The molecule has 1 aromatic carbocycles. The lowest BCUT2D eigenvalue weighted by Gasteiger charge is -2.44. The van der Waals surface area contributed by atoms with E-state index in [4.69, 9.17) is 0 Å². The summed E-state index contributed by atoms with van der Waals surface area (Å²) in [6.07, 6.45) is 16.4. The van der Waals surface area contributed by atoms with Gasteiger partial charge in [-0.3, -0.25) is 9.59 Å². The Labute approximate surface area is 193 Å². The smallest absolute Gasteiger partial charge is 0.235 e. The maximum Gasteiger partial charge on any atom is 0.235 e. The van der Waals surface area contributed by atoms with Crippen LogP contribution in [0, 0.1) is 29.1 Å². The highest BCUT2D eigenvalue weighted by Gasteiger charge is 2.64. The van der Waals surface area contributed by atoms with Crippen LogP contribution in [0.4, 0.5) is 0 Å². The highest BCUT2D eigenvalue weighted by molar-refractivity contribution is 6.13. The van der Waals surface area contributed by atoms with Crippen LogP contribution in [-0.4, -0.2) is 17.7 Å². The van der Waals surface area contributed by atoms with Gasteiger partial charge in [-0.15, -0.1) is 0 Å². The van der Waals surface area contributed by atoms with Crippen LogP contribution in [0.2, 0.25) is 0 Å². The Morgan fingerprint density at radius 3 is 2.62 bits per heavy atom. The fourth-order valence-corrected chi connectivity index (χ4v) is 6.16. The van der Waals surface area contributed by atoms with Gasteiger partial charge in [0.1, 0.15) is 5.41 Å². The lowest BCUT2D eigenvalue weighted by atomic mass is 9.55. The van der Waals surface area contributed by atoms with Crippen LogP contribution in [-0.2, 0) is 16.0 Å². The van der Waals surface area contributed by atoms with E-state index in [-0.39, 0.29) is 35.5 Å². The summed E-state index contributed by atoms with van der Waals surface area (Å²) in [6.45, 7) is 6.65. The number of benzene rings is 1. The van der Waals surface area contributed by atoms with Gasteiger partial charge in [0, 0.05) is 17.9 Å². The highest BCUT2D eigenvalue weighted by Crippen LogP contribution is 2.54. The predicted molar refractivity (Wildman–Crippen MR) is 130 cm³/mol. The molecule has 1 heterocycles. The van der Waals surface area contributed by atoms with E-state index in [1.54, 1.807) is 6.08 Å². The molecule has 1 aromatic rings. The van der Waals surface area contributed by atoms with E-state index >= 15 is 0 Å². The van der Waals surface area contributed by atoms with E-state index in [1.165, 1.54) is 24.0 Å². The van der Waals surface area contributed by atoms with E-state index in [1.807, 2.05) is 24.3 Å². The number of hydrogen-bond acceptors (Lipinski definition) is 2. The third-order valence-corrected chi connectivity index (χ3v) is 8.05. The summed E-state index contributed by atoms with van der Waals surface area (Å²) in [5.41, 5.74) is 1.43. The van der Waals surface area contributed by atoms with E-state index in [0.717, 1.165) is 25.7 Å². The molecule has 1 fully saturated rings. The molecule has 0 radical (unpaired) electrons. The second-order valence-electron chi connectivity index (χ2n) is 10.2. The first kappa shape index (κ1) is 22.8. The summed E-state index contributed by atoms with van der Waals surface area (Å²) in [5, 5.41) is 3.29. The molecule has 1 N–H and O–H groups in total. The Morgan fingerprint density at radius 2 is 1.84 bits per heavy atom. The van der Waals surface area contributed by atoms with Crippen molar-refractivity contribution in [1.82, 2.24) is 5.32 Å². The molecule has 170 valence electrons. The molecule has 0 saturated carbocycles. The first-order valence-corrected chi connectivity index (χ1v) is 12.4. The second-order valence-corrected chi connectivity index (χ2v) is 10.2. The molecule has 32 heavy (non-hydrogen) atoms. The van der Waals surface area contributed by atoms with Gasteiger partial charge < -0.3 is 5.32 Å². The quantitative estimate of drug-likeness (QED) is 0.473. The van der Waals surface area contributed by atoms with Crippen molar-refractivity contribution in [2.24, 2.45) is 29.1 Å². The highest BCUT2D eigenvalue weighted by atomic mass is 16.2. The summed E-state index contributed by atoms with van der Waals surface area (Å²) in [4.78, 5) is 27.6.